The van der Waals surface area contributed by atoms with Gasteiger partial charge < -0.3 is 9.47 Å². The van der Waals surface area contributed by atoms with Crippen molar-refractivity contribution in [3.63, 3.8) is 0 Å². The van der Waals surface area contributed by atoms with Gasteiger partial charge in [-0.3, -0.25) is 0 Å². The van der Waals surface area contributed by atoms with Crippen LogP contribution in [0.4, 0.5) is 0 Å². The van der Waals surface area contributed by atoms with Crippen molar-refractivity contribution < 1.29 is 9.47 Å². The molecule has 1 aromatic carbocycles. The maximum Gasteiger partial charge on any atom is 0.162 e. The average Bonchev–Trinajstić information content (AvgIpc) is 3.09. The van der Waals surface area contributed by atoms with E-state index in [0.717, 1.165) is 40.5 Å². The van der Waals surface area contributed by atoms with Crippen LogP contribution in [0.3, 0.4) is 0 Å². The van der Waals surface area contributed by atoms with Crippen molar-refractivity contribution >= 4 is 27.5 Å². The van der Waals surface area contributed by atoms with Crippen LogP contribution in [-0.2, 0) is 0 Å². The van der Waals surface area contributed by atoms with Crippen LogP contribution in [0.1, 0.15) is 42.5 Å². The Labute approximate surface area is 140 Å². The van der Waals surface area contributed by atoms with Crippen LogP contribution in [0.5, 0.6) is 11.5 Å². The van der Waals surface area contributed by atoms with Crippen LogP contribution in [-0.4, -0.2) is 14.2 Å². The molecule has 0 heterocycles. The number of hydrogen-bond donors (Lipinski definition) is 0. The number of methoxy groups -OCH3 is 2. The van der Waals surface area contributed by atoms with E-state index in [1.165, 1.54) is 25.7 Å². The summed E-state index contributed by atoms with van der Waals surface area (Å²) in [5, 5.41) is 0.748. The Bertz CT molecular complexity index is 520. The summed E-state index contributed by atoms with van der Waals surface area (Å²) < 4.78 is 10.7. The van der Waals surface area contributed by atoms with Gasteiger partial charge in [0.25, 0.3) is 0 Å². The van der Waals surface area contributed by atoms with E-state index in [1.54, 1.807) is 14.2 Å². The van der Waals surface area contributed by atoms with Crippen molar-refractivity contribution in [1.29, 1.82) is 0 Å². The second-order valence-electron chi connectivity index (χ2n) is 6.37. The van der Waals surface area contributed by atoms with Crippen LogP contribution >= 0.6 is 27.5 Å². The first-order chi connectivity index (χ1) is 10.1. The van der Waals surface area contributed by atoms with Crippen LogP contribution in [0.25, 0.3) is 0 Å². The van der Waals surface area contributed by atoms with Gasteiger partial charge in [0.1, 0.15) is 0 Å². The Morgan fingerprint density at radius 3 is 2.48 bits per heavy atom. The van der Waals surface area contributed by atoms with Gasteiger partial charge in [0.05, 0.1) is 14.2 Å². The van der Waals surface area contributed by atoms with Gasteiger partial charge in [-0.25, -0.2) is 0 Å². The molecular formula is C17H22BrClO2. The minimum absolute atomic E-state index is 0.286. The standard InChI is InChI=1S/C17H22BrClO2/c1-20-16-8-13(15(19)9-17(16)21-2)14(18)7-12-6-10-3-4-11(12)5-10/h8-12,14H,3-7H2,1-2H3. The number of alkyl halides is 1. The predicted molar refractivity (Wildman–Crippen MR) is 89.8 cm³/mol. The van der Waals surface area contributed by atoms with Crippen molar-refractivity contribution in [1.82, 2.24) is 0 Å². The van der Waals surface area contributed by atoms with Gasteiger partial charge >= 0.3 is 0 Å². The molecule has 0 saturated heterocycles. The van der Waals surface area contributed by atoms with Crippen molar-refractivity contribution in [2.24, 2.45) is 17.8 Å². The summed E-state index contributed by atoms with van der Waals surface area (Å²) in [6, 6.07) is 3.86. The van der Waals surface area contributed by atoms with Gasteiger partial charge in [0.15, 0.2) is 11.5 Å². The number of hydrogen-bond acceptors (Lipinski definition) is 2. The van der Waals surface area contributed by atoms with Crippen molar-refractivity contribution in [3.05, 3.63) is 22.7 Å². The third kappa shape index (κ3) is 3.05. The van der Waals surface area contributed by atoms with Gasteiger partial charge in [0.2, 0.25) is 0 Å². The summed E-state index contributed by atoms with van der Waals surface area (Å²) in [6.45, 7) is 0. The van der Waals surface area contributed by atoms with Crippen LogP contribution < -0.4 is 9.47 Å². The zero-order valence-corrected chi connectivity index (χ0v) is 14.9. The van der Waals surface area contributed by atoms with Gasteiger partial charge in [-0.1, -0.05) is 34.0 Å². The normalized spacial score (nSPS) is 28.7. The number of fused-ring (bicyclic) bond motifs is 2. The van der Waals surface area contributed by atoms with Crippen molar-refractivity contribution in [3.8, 4) is 11.5 Å². The highest BCUT2D eigenvalue weighted by atomic mass is 79.9. The first kappa shape index (κ1) is 15.5. The van der Waals surface area contributed by atoms with E-state index in [2.05, 4.69) is 15.9 Å². The summed E-state index contributed by atoms with van der Waals surface area (Å²) in [5.41, 5.74) is 1.11. The largest absolute Gasteiger partial charge is 0.493 e. The summed E-state index contributed by atoms with van der Waals surface area (Å²) in [6.07, 6.45) is 6.89. The second kappa shape index (κ2) is 6.37. The zero-order chi connectivity index (χ0) is 15.0. The summed E-state index contributed by atoms with van der Waals surface area (Å²) in [7, 11) is 3.30. The highest BCUT2D eigenvalue weighted by Crippen LogP contribution is 2.52. The van der Waals surface area contributed by atoms with Crippen molar-refractivity contribution in [2.45, 2.75) is 36.9 Å². The molecule has 0 amide bonds. The fourth-order valence-electron chi connectivity index (χ4n) is 4.17. The fourth-order valence-corrected chi connectivity index (χ4v) is 5.44. The number of ether oxygens (including phenoxy) is 2. The molecule has 0 aromatic heterocycles. The van der Waals surface area contributed by atoms with E-state index in [-0.39, 0.29) is 4.83 Å². The molecule has 2 nitrogen and oxygen atoms in total. The summed E-state index contributed by atoms with van der Waals surface area (Å²) >= 11 is 10.3. The fraction of sp³-hybridized carbons (Fsp3) is 0.647. The third-order valence-corrected chi connectivity index (χ3v) is 6.43. The molecule has 0 spiro atoms. The smallest absolute Gasteiger partial charge is 0.162 e. The first-order valence-corrected chi connectivity index (χ1v) is 8.97. The monoisotopic (exact) mass is 372 g/mol. The van der Waals surface area contributed by atoms with Crippen LogP contribution in [0, 0.1) is 17.8 Å². The van der Waals surface area contributed by atoms with Crippen LogP contribution in [0.15, 0.2) is 12.1 Å². The lowest BCUT2D eigenvalue weighted by molar-refractivity contribution is 0.313. The zero-order valence-electron chi connectivity index (χ0n) is 12.6. The molecule has 2 saturated carbocycles. The highest BCUT2D eigenvalue weighted by Gasteiger charge is 2.40. The van der Waals surface area contributed by atoms with E-state index < -0.39 is 0 Å². The first-order valence-electron chi connectivity index (χ1n) is 7.67. The highest BCUT2D eigenvalue weighted by molar-refractivity contribution is 9.09. The van der Waals surface area contributed by atoms with Gasteiger partial charge in [-0.15, -0.1) is 0 Å². The molecule has 2 fully saturated rings. The number of halogens is 2. The minimum atomic E-state index is 0.286. The van der Waals surface area contributed by atoms with Gasteiger partial charge in [-0.2, -0.15) is 0 Å². The van der Waals surface area contributed by atoms with E-state index in [1.807, 2.05) is 12.1 Å². The molecule has 2 bridgehead atoms. The molecule has 3 rings (SSSR count). The molecule has 2 aliphatic rings. The maximum absolute atomic E-state index is 6.43. The Kier molecular flexibility index (Phi) is 4.70. The minimum Gasteiger partial charge on any atom is -0.493 e. The third-order valence-electron chi connectivity index (χ3n) is 5.23. The molecule has 0 radical (unpaired) electrons. The molecule has 2 aliphatic carbocycles. The molecule has 21 heavy (non-hydrogen) atoms. The molecule has 4 atom stereocenters. The Morgan fingerprint density at radius 2 is 1.90 bits per heavy atom. The lowest BCUT2D eigenvalue weighted by Crippen LogP contribution is -2.12. The summed E-state index contributed by atoms with van der Waals surface area (Å²) in [5.74, 6) is 4.20. The van der Waals surface area contributed by atoms with E-state index >= 15 is 0 Å². The van der Waals surface area contributed by atoms with Crippen molar-refractivity contribution in [2.75, 3.05) is 14.2 Å². The molecule has 1 aromatic rings. The van der Waals surface area contributed by atoms with Gasteiger partial charge in [-0.05, 0) is 55.1 Å². The molecule has 4 unspecified atom stereocenters. The Morgan fingerprint density at radius 1 is 1.19 bits per heavy atom. The Hall–Kier alpha value is -0.410. The summed E-state index contributed by atoms with van der Waals surface area (Å²) in [4.78, 5) is 0.286. The predicted octanol–water partition coefficient (Wildman–Crippen LogP) is 5.62. The quantitative estimate of drug-likeness (QED) is 0.624. The lowest BCUT2D eigenvalue weighted by Gasteiger charge is -2.25. The lowest BCUT2D eigenvalue weighted by atomic mass is 9.84. The second-order valence-corrected chi connectivity index (χ2v) is 7.88. The van der Waals surface area contributed by atoms with E-state index in [9.17, 15) is 0 Å². The van der Waals surface area contributed by atoms with E-state index in [4.69, 9.17) is 21.1 Å². The van der Waals surface area contributed by atoms with Gasteiger partial charge in [0, 0.05) is 15.9 Å². The van der Waals surface area contributed by atoms with E-state index in [0.29, 0.717) is 5.75 Å². The molecule has 4 heteroatoms. The molecular weight excluding hydrogens is 352 g/mol. The SMILES string of the molecule is COc1cc(Cl)c(C(Br)CC2CC3CCC2C3)cc1OC. The molecule has 0 aliphatic heterocycles. The maximum atomic E-state index is 6.43. The number of rotatable bonds is 5. The number of benzene rings is 1. The average molecular weight is 374 g/mol. The van der Waals surface area contributed by atoms with Crippen LogP contribution in [0.2, 0.25) is 5.02 Å². The molecule has 116 valence electrons. The topological polar surface area (TPSA) is 18.5 Å². The molecule has 0 N–H and O–H groups in total. The Balaban J connectivity index is 1.76.